The molecule has 1 fully saturated rings. The topological polar surface area (TPSA) is 78.4 Å². The summed E-state index contributed by atoms with van der Waals surface area (Å²) >= 11 is 0. The molecule has 2 aromatic rings. The monoisotopic (exact) mass is 338 g/mol. The maximum absolute atomic E-state index is 12.9. The Morgan fingerprint density at radius 1 is 1.28 bits per heavy atom. The van der Waals surface area contributed by atoms with Crippen LogP contribution >= 0.6 is 0 Å². The lowest BCUT2D eigenvalue weighted by Crippen LogP contribution is -2.45. The van der Waals surface area contributed by atoms with Crippen LogP contribution in [0.15, 0.2) is 42.9 Å². The van der Waals surface area contributed by atoms with Crippen LogP contribution < -0.4 is 10.2 Å². The van der Waals surface area contributed by atoms with E-state index in [2.05, 4.69) is 27.4 Å². The summed E-state index contributed by atoms with van der Waals surface area (Å²) in [4.78, 5) is 23.0. The van der Waals surface area contributed by atoms with Crippen LogP contribution in [0.5, 0.6) is 0 Å². The number of aryl methyl sites for hydroxylation is 1. The normalized spacial score (nSPS) is 25.5. The van der Waals surface area contributed by atoms with Crippen molar-refractivity contribution in [3.05, 3.63) is 54.0 Å². The van der Waals surface area contributed by atoms with Gasteiger partial charge in [0.2, 0.25) is 5.91 Å². The molecule has 0 spiro atoms. The van der Waals surface area contributed by atoms with Crippen LogP contribution in [0.2, 0.25) is 0 Å². The number of nitrogens with zero attached hydrogens (tertiary/aromatic N) is 3. The van der Waals surface area contributed by atoms with Gasteiger partial charge in [-0.15, -0.1) is 0 Å². The van der Waals surface area contributed by atoms with Crippen molar-refractivity contribution in [3.63, 3.8) is 0 Å². The molecule has 0 bridgehead atoms. The second-order valence-corrected chi connectivity index (χ2v) is 6.78. The number of carbonyl (C=O) groups excluding carboxylic acids is 1. The molecule has 25 heavy (non-hydrogen) atoms. The SMILES string of the molecule is O=C(NC1CCCc2ccccc21)C1CC(O)CN1c1ccncn1. The Morgan fingerprint density at radius 2 is 2.16 bits per heavy atom. The zero-order valence-electron chi connectivity index (χ0n) is 14.0. The first kappa shape index (κ1) is 16.0. The molecule has 0 radical (unpaired) electrons. The van der Waals surface area contributed by atoms with Crippen molar-refractivity contribution < 1.29 is 9.90 Å². The van der Waals surface area contributed by atoms with E-state index in [1.165, 1.54) is 17.5 Å². The van der Waals surface area contributed by atoms with E-state index in [9.17, 15) is 9.90 Å². The number of aliphatic hydroxyl groups excluding tert-OH is 1. The van der Waals surface area contributed by atoms with Gasteiger partial charge < -0.3 is 15.3 Å². The number of rotatable bonds is 3. The molecule has 6 heteroatoms. The third-order valence-corrected chi connectivity index (χ3v) is 5.13. The Balaban J connectivity index is 1.53. The molecule has 1 aromatic carbocycles. The highest BCUT2D eigenvalue weighted by molar-refractivity contribution is 5.86. The van der Waals surface area contributed by atoms with Crippen LogP contribution in [0.4, 0.5) is 5.82 Å². The van der Waals surface area contributed by atoms with Crippen molar-refractivity contribution in [2.45, 2.75) is 43.9 Å². The molecule has 1 saturated heterocycles. The molecule has 0 saturated carbocycles. The lowest BCUT2D eigenvalue weighted by Gasteiger charge is -2.30. The van der Waals surface area contributed by atoms with Crippen molar-refractivity contribution in [1.29, 1.82) is 0 Å². The molecule has 3 atom stereocenters. The van der Waals surface area contributed by atoms with Gasteiger partial charge in [0, 0.05) is 19.2 Å². The number of aromatic nitrogens is 2. The van der Waals surface area contributed by atoms with Crippen LogP contribution in [-0.4, -0.2) is 39.7 Å². The number of fused-ring (bicyclic) bond motifs is 1. The van der Waals surface area contributed by atoms with Crippen LogP contribution in [-0.2, 0) is 11.2 Å². The molecule has 130 valence electrons. The maximum atomic E-state index is 12.9. The van der Waals surface area contributed by atoms with E-state index in [-0.39, 0.29) is 11.9 Å². The van der Waals surface area contributed by atoms with E-state index in [0.717, 1.165) is 19.3 Å². The van der Waals surface area contributed by atoms with Crippen molar-refractivity contribution in [2.75, 3.05) is 11.4 Å². The summed E-state index contributed by atoms with van der Waals surface area (Å²) in [5, 5.41) is 13.3. The van der Waals surface area contributed by atoms with E-state index in [1.54, 1.807) is 12.3 Å². The summed E-state index contributed by atoms with van der Waals surface area (Å²) in [7, 11) is 0. The molecule has 2 heterocycles. The van der Waals surface area contributed by atoms with Crippen molar-refractivity contribution in [1.82, 2.24) is 15.3 Å². The number of aliphatic hydroxyl groups is 1. The summed E-state index contributed by atoms with van der Waals surface area (Å²) in [5.74, 6) is 0.632. The summed E-state index contributed by atoms with van der Waals surface area (Å²) in [6, 6.07) is 9.73. The highest BCUT2D eigenvalue weighted by Gasteiger charge is 2.37. The van der Waals surface area contributed by atoms with Crippen LogP contribution in [0, 0.1) is 0 Å². The Bertz CT molecular complexity index is 752. The van der Waals surface area contributed by atoms with Crippen LogP contribution in [0.1, 0.15) is 36.4 Å². The van der Waals surface area contributed by atoms with Gasteiger partial charge in [0.05, 0.1) is 12.1 Å². The highest BCUT2D eigenvalue weighted by atomic mass is 16.3. The standard InChI is InChI=1S/C19H22N4O2/c24-14-10-17(23(11-14)18-8-9-20-12-21-18)19(25)22-16-7-3-5-13-4-1-2-6-15(13)16/h1-2,4,6,8-9,12,14,16-17,24H,3,5,7,10-11H2,(H,22,25). The number of anilines is 1. The fourth-order valence-electron chi connectivity index (χ4n) is 3.94. The number of nitrogens with one attached hydrogen (secondary N) is 1. The maximum Gasteiger partial charge on any atom is 0.243 e. The zero-order chi connectivity index (χ0) is 17.2. The Kier molecular flexibility index (Phi) is 4.36. The number of hydrogen-bond donors (Lipinski definition) is 2. The lowest BCUT2D eigenvalue weighted by atomic mass is 9.87. The Morgan fingerprint density at radius 3 is 3.00 bits per heavy atom. The first-order chi connectivity index (χ1) is 12.2. The minimum atomic E-state index is -0.524. The quantitative estimate of drug-likeness (QED) is 0.889. The first-order valence-corrected chi connectivity index (χ1v) is 8.81. The summed E-state index contributed by atoms with van der Waals surface area (Å²) in [5.41, 5.74) is 2.53. The van der Waals surface area contributed by atoms with Gasteiger partial charge in [0.1, 0.15) is 18.2 Å². The molecule has 1 aliphatic carbocycles. The van der Waals surface area contributed by atoms with Crippen LogP contribution in [0.25, 0.3) is 0 Å². The van der Waals surface area contributed by atoms with Gasteiger partial charge in [-0.2, -0.15) is 0 Å². The van der Waals surface area contributed by atoms with E-state index in [0.29, 0.717) is 18.8 Å². The van der Waals surface area contributed by atoms with Gasteiger partial charge in [0.25, 0.3) is 0 Å². The average Bonchev–Trinajstić information content (AvgIpc) is 3.05. The van der Waals surface area contributed by atoms with E-state index in [1.807, 2.05) is 17.0 Å². The van der Waals surface area contributed by atoms with Gasteiger partial charge in [-0.3, -0.25) is 4.79 Å². The molecule has 1 aliphatic heterocycles. The summed E-state index contributed by atoms with van der Waals surface area (Å²) in [6.07, 6.45) is 6.11. The molecular formula is C19H22N4O2. The molecule has 2 N–H and O–H groups in total. The first-order valence-electron chi connectivity index (χ1n) is 8.81. The Labute approximate surface area is 146 Å². The third-order valence-electron chi connectivity index (χ3n) is 5.13. The van der Waals surface area contributed by atoms with Crippen molar-refractivity contribution in [2.24, 2.45) is 0 Å². The molecule has 1 amide bonds. The van der Waals surface area contributed by atoms with E-state index in [4.69, 9.17) is 0 Å². The summed E-state index contributed by atoms with van der Waals surface area (Å²) in [6.45, 7) is 0.413. The van der Waals surface area contributed by atoms with E-state index < -0.39 is 12.1 Å². The molecule has 6 nitrogen and oxygen atoms in total. The van der Waals surface area contributed by atoms with Crippen molar-refractivity contribution in [3.8, 4) is 0 Å². The lowest BCUT2D eigenvalue weighted by molar-refractivity contribution is -0.123. The zero-order valence-corrected chi connectivity index (χ0v) is 14.0. The smallest absolute Gasteiger partial charge is 0.243 e. The van der Waals surface area contributed by atoms with Gasteiger partial charge in [0.15, 0.2) is 0 Å². The number of amides is 1. The van der Waals surface area contributed by atoms with Crippen LogP contribution in [0.3, 0.4) is 0 Å². The molecule has 3 unspecified atom stereocenters. The van der Waals surface area contributed by atoms with E-state index >= 15 is 0 Å². The molecular weight excluding hydrogens is 316 g/mol. The predicted octanol–water partition coefficient (Wildman–Crippen LogP) is 1.61. The largest absolute Gasteiger partial charge is 0.391 e. The number of hydrogen-bond acceptors (Lipinski definition) is 5. The van der Waals surface area contributed by atoms with Gasteiger partial charge in [-0.25, -0.2) is 9.97 Å². The van der Waals surface area contributed by atoms with Gasteiger partial charge >= 0.3 is 0 Å². The van der Waals surface area contributed by atoms with Gasteiger partial charge in [-0.05, 0) is 36.5 Å². The number of β-amino-alcohol motifs (C(OH)–C–C–N with tert-alkyl or cyclic N) is 1. The highest BCUT2D eigenvalue weighted by Crippen LogP contribution is 2.30. The second kappa shape index (κ2) is 6.80. The minimum Gasteiger partial charge on any atom is -0.391 e. The molecule has 1 aromatic heterocycles. The second-order valence-electron chi connectivity index (χ2n) is 6.78. The average molecular weight is 338 g/mol. The molecule has 2 aliphatic rings. The molecule has 4 rings (SSSR count). The fraction of sp³-hybridized carbons (Fsp3) is 0.421. The number of carbonyl (C=O) groups is 1. The number of benzene rings is 1. The Hall–Kier alpha value is -2.47. The third kappa shape index (κ3) is 3.22. The minimum absolute atomic E-state index is 0.0439. The predicted molar refractivity (Wildman–Crippen MR) is 94.1 cm³/mol. The van der Waals surface area contributed by atoms with Crippen molar-refractivity contribution >= 4 is 11.7 Å². The van der Waals surface area contributed by atoms with Gasteiger partial charge in [-0.1, -0.05) is 24.3 Å². The fourth-order valence-corrected chi connectivity index (χ4v) is 3.94. The summed E-state index contributed by atoms with van der Waals surface area (Å²) < 4.78 is 0.